The van der Waals surface area contributed by atoms with E-state index in [0.717, 1.165) is 5.69 Å². The van der Waals surface area contributed by atoms with E-state index in [4.69, 9.17) is 14.8 Å². The highest BCUT2D eigenvalue weighted by Gasteiger charge is 2.17. The van der Waals surface area contributed by atoms with Crippen molar-refractivity contribution in [3.63, 3.8) is 0 Å². The third-order valence-corrected chi connectivity index (χ3v) is 2.00. The number of hydrogen-bond acceptors (Lipinski definition) is 5. The lowest BCUT2D eigenvalue weighted by Gasteiger charge is -2.04. The normalized spacial score (nSPS) is 10.7. The van der Waals surface area contributed by atoms with Gasteiger partial charge in [-0.25, -0.2) is 9.97 Å². The highest BCUT2D eigenvalue weighted by atomic mass is 16.5. The van der Waals surface area contributed by atoms with Crippen LogP contribution in [0.25, 0.3) is 5.65 Å². The Kier molecular flexibility index (Phi) is 2.33. The van der Waals surface area contributed by atoms with Gasteiger partial charge in [0.15, 0.2) is 0 Å². The molecule has 0 atom stereocenters. The van der Waals surface area contributed by atoms with Gasteiger partial charge in [-0.15, -0.1) is 0 Å². The minimum atomic E-state index is -1.62. The molecule has 0 unspecified atom stereocenters. The van der Waals surface area contributed by atoms with E-state index in [2.05, 4.69) is 9.97 Å². The highest BCUT2D eigenvalue weighted by Crippen LogP contribution is 2.13. The summed E-state index contributed by atoms with van der Waals surface area (Å²) in [6, 6.07) is 0. The Morgan fingerprint density at radius 2 is 2.07 bits per heavy atom. The van der Waals surface area contributed by atoms with Gasteiger partial charge < -0.3 is 19.2 Å². The van der Waals surface area contributed by atoms with Crippen molar-refractivity contribution in [2.45, 2.75) is 6.92 Å². The van der Waals surface area contributed by atoms with Crippen molar-refractivity contribution in [1.82, 2.24) is 14.4 Å². The van der Waals surface area contributed by atoms with Gasteiger partial charge in [0.25, 0.3) is 5.88 Å². The van der Waals surface area contributed by atoms with Crippen molar-refractivity contribution >= 4 is 18.4 Å². The van der Waals surface area contributed by atoms with Crippen LogP contribution in [0, 0.1) is 6.92 Å². The first-order valence-corrected chi connectivity index (χ1v) is 4.38. The third-order valence-electron chi connectivity index (χ3n) is 2.00. The van der Waals surface area contributed by atoms with Crippen LogP contribution in [0.5, 0.6) is 5.88 Å². The molecule has 15 heavy (non-hydrogen) atoms. The van der Waals surface area contributed by atoms with E-state index in [-0.39, 0.29) is 11.5 Å². The number of aromatic nitrogens is 3. The Balaban J connectivity index is 2.70. The predicted octanol–water partition coefficient (Wildman–Crippen LogP) is -1.27. The van der Waals surface area contributed by atoms with E-state index in [1.165, 1.54) is 13.3 Å². The minimum Gasteiger partial charge on any atom is -0.478 e. The van der Waals surface area contributed by atoms with Gasteiger partial charge in [-0.05, 0) is 6.92 Å². The summed E-state index contributed by atoms with van der Waals surface area (Å²) in [5.74, 6) is 0.272. The number of rotatable bonds is 2. The summed E-state index contributed by atoms with van der Waals surface area (Å²) in [7, 11) is -0.161. The summed E-state index contributed by atoms with van der Waals surface area (Å²) in [6.07, 6.45) is 3.26. The SMILES string of the molecule is COc1nc(B(O)O)cn2cc(C)nc12. The Morgan fingerprint density at radius 3 is 2.67 bits per heavy atom. The van der Waals surface area contributed by atoms with Crippen LogP contribution in [0.4, 0.5) is 0 Å². The van der Waals surface area contributed by atoms with Crippen molar-refractivity contribution < 1.29 is 14.8 Å². The maximum Gasteiger partial charge on any atom is 0.509 e. The van der Waals surface area contributed by atoms with Crippen molar-refractivity contribution in [2.75, 3.05) is 7.11 Å². The van der Waals surface area contributed by atoms with Crippen LogP contribution in [0.15, 0.2) is 12.4 Å². The van der Waals surface area contributed by atoms with Crippen LogP contribution in [0.1, 0.15) is 5.69 Å². The fraction of sp³-hybridized carbons (Fsp3) is 0.250. The number of imidazole rings is 1. The lowest BCUT2D eigenvalue weighted by Crippen LogP contribution is -2.33. The lowest BCUT2D eigenvalue weighted by molar-refractivity contribution is 0.396. The molecule has 2 rings (SSSR count). The zero-order valence-corrected chi connectivity index (χ0v) is 8.38. The molecule has 0 saturated carbocycles. The van der Waals surface area contributed by atoms with Crippen molar-refractivity contribution in [3.05, 3.63) is 18.1 Å². The maximum absolute atomic E-state index is 9.01. The van der Waals surface area contributed by atoms with Gasteiger partial charge in [0.2, 0.25) is 5.65 Å². The number of fused-ring (bicyclic) bond motifs is 1. The average Bonchev–Trinajstić information content (AvgIpc) is 2.56. The van der Waals surface area contributed by atoms with Gasteiger partial charge in [-0.3, -0.25) is 0 Å². The topological polar surface area (TPSA) is 79.9 Å². The Hall–Kier alpha value is -1.60. The van der Waals surface area contributed by atoms with Gasteiger partial charge in [-0.1, -0.05) is 0 Å². The third kappa shape index (κ3) is 1.66. The fourth-order valence-electron chi connectivity index (χ4n) is 1.37. The molecule has 0 spiro atoms. The molecule has 0 bridgehead atoms. The molecule has 0 saturated heterocycles. The van der Waals surface area contributed by atoms with E-state index >= 15 is 0 Å². The van der Waals surface area contributed by atoms with Crippen LogP contribution < -0.4 is 10.3 Å². The molecular weight excluding hydrogens is 197 g/mol. The molecule has 0 aliphatic rings. The molecule has 6 nitrogen and oxygen atoms in total. The molecule has 2 aromatic rings. The molecule has 0 aliphatic heterocycles. The van der Waals surface area contributed by atoms with Gasteiger partial charge in [0.05, 0.1) is 18.4 Å². The summed E-state index contributed by atoms with van der Waals surface area (Å²) >= 11 is 0. The summed E-state index contributed by atoms with van der Waals surface area (Å²) in [5.41, 5.74) is 1.48. The van der Waals surface area contributed by atoms with Crippen molar-refractivity contribution in [3.8, 4) is 5.88 Å². The first-order valence-electron chi connectivity index (χ1n) is 4.38. The number of methoxy groups -OCH3 is 1. The number of ether oxygens (including phenoxy) is 1. The molecule has 2 N–H and O–H groups in total. The first kappa shape index (κ1) is 9.94. The molecule has 7 heteroatoms. The molecular formula is C8H10BN3O3. The number of nitrogens with zero attached hydrogens (tertiary/aromatic N) is 3. The standard InChI is InChI=1S/C8H10BN3O3/c1-5-3-12-4-6(9(13)14)11-8(15-2)7(12)10-5/h3-4,13-14H,1-2H3. The van der Waals surface area contributed by atoms with E-state index in [1.54, 1.807) is 10.6 Å². The van der Waals surface area contributed by atoms with Crippen LogP contribution >= 0.6 is 0 Å². The van der Waals surface area contributed by atoms with Crippen molar-refractivity contribution in [2.24, 2.45) is 0 Å². The molecule has 0 amide bonds. The molecule has 78 valence electrons. The van der Waals surface area contributed by atoms with Crippen LogP contribution in [-0.2, 0) is 0 Å². The Bertz CT molecular complexity index is 497. The van der Waals surface area contributed by atoms with E-state index < -0.39 is 7.12 Å². The fourth-order valence-corrected chi connectivity index (χ4v) is 1.37. The number of hydrogen-bond donors (Lipinski definition) is 2. The molecule has 0 radical (unpaired) electrons. The summed E-state index contributed by atoms with van der Waals surface area (Å²) in [4.78, 5) is 8.12. The van der Waals surface area contributed by atoms with Gasteiger partial charge in [0.1, 0.15) is 0 Å². The second-order valence-corrected chi connectivity index (χ2v) is 3.16. The summed E-state index contributed by atoms with van der Waals surface area (Å²) in [6.45, 7) is 1.83. The maximum atomic E-state index is 9.01. The number of aryl methyl sites for hydroxylation is 1. The van der Waals surface area contributed by atoms with Gasteiger partial charge >= 0.3 is 7.12 Å². The van der Waals surface area contributed by atoms with E-state index in [1.807, 2.05) is 6.92 Å². The molecule has 0 fully saturated rings. The molecule has 2 heterocycles. The Labute approximate surface area is 86.3 Å². The monoisotopic (exact) mass is 207 g/mol. The minimum absolute atomic E-state index is 0.122. The van der Waals surface area contributed by atoms with Crippen molar-refractivity contribution in [1.29, 1.82) is 0 Å². The second kappa shape index (κ2) is 3.52. The second-order valence-electron chi connectivity index (χ2n) is 3.16. The van der Waals surface area contributed by atoms with Crippen LogP contribution in [0.2, 0.25) is 0 Å². The van der Waals surface area contributed by atoms with Crippen LogP contribution in [0.3, 0.4) is 0 Å². The predicted molar refractivity (Wildman–Crippen MR) is 54.1 cm³/mol. The smallest absolute Gasteiger partial charge is 0.478 e. The van der Waals surface area contributed by atoms with Crippen LogP contribution in [-0.4, -0.2) is 38.6 Å². The molecule has 0 aromatic carbocycles. The zero-order valence-electron chi connectivity index (χ0n) is 8.38. The quantitative estimate of drug-likeness (QED) is 0.600. The van der Waals surface area contributed by atoms with E-state index in [0.29, 0.717) is 5.65 Å². The van der Waals surface area contributed by atoms with Gasteiger partial charge in [-0.2, -0.15) is 0 Å². The zero-order chi connectivity index (χ0) is 11.0. The summed E-state index contributed by atoms with van der Waals surface area (Å²) < 4.78 is 6.66. The lowest BCUT2D eigenvalue weighted by atomic mass is 9.87. The summed E-state index contributed by atoms with van der Waals surface area (Å²) in [5, 5.41) is 18.0. The highest BCUT2D eigenvalue weighted by molar-refractivity contribution is 6.57. The largest absolute Gasteiger partial charge is 0.509 e. The Morgan fingerprint density at radius 1 is 1.33 bits per heavy atom. The van der Waals surface area contributed by atoms with Gasteiger partial charge in [0, 0.05) is 12.4 Å². The first-order chi connectivity index (χ1) is 7.11. The molecule has 2 aromatic heterocycles. The average molecular weight is 207 g/mol. The van der Waals surface area contributed by atoms with E-state index in [9.17, 15) is 0 Å². The molecule has 0 aliphatic carbocycles.